The lowest BCUT2D eigenvalue weighted by Crippen LogP contribution is -2.49. The summed E-state index contributed by atoms with van der Waals surface area (Å²) in [5.41, 5.74) is 1.64. The van der Waals surface area contributed by atoms with Gasteiger partial charge in [-0.15, -0.1) is 11.8 Å². The van der Waals surface area contributed by atoms with Crippen molar-refractivity contribution in [2.24, 2.45) is 0 Å². The predicted octanol–water partition coefficient (Wildman–Crippen LogP) is 2.63. The summed E-state index contributed by atoms with van der Waals surface area (Å²) in [4.78, 5) is 29.4. The molecule has 2 aliphatic rings. The van der Waals surface area contributed by atoms with Crippen molar-refractivity contribution in [1.29, 1.82) is 0 Å². The second-order valence-electron chi connectivity index (χ2n) is 7.68. The maximum absolute atomic E-state index is 12.8. The SMILES string of the molecule is C[C@H]1Sc2ccc(S(=O)(=O)CCC(=O)N3CCN(c4ccccc4)CC3)cc2NC1=O. The monoisotopic (exact) mass is 459 g/mol. The number of sulfone groups is 1. The highest BCUT2D eigenvalue weighted by molar-refractivity contribution is 8.01. The van der Waals surface area contributed by atoms with E-state index < -0.39 is 9.84 Å². The number of fused-ring (bicyclic) bond motifs is 1. The van der Waals surface area contributed by atoms with E-state index in [4.69, 9.17) is 0 Å². The van der Waals surface area contributed by atoms with Crippen LogP contribution in [0.5, 0.6) is 0 Å². The number of hydrogen-bond acceptors (Lipinski definition) is 6. The molecule has 1 atom stereocenters. The quantitative estimate of drug-likeness (QED) is 0.740. The van der Waals surface area contributed by atoms with Crippen molar-refractivity contribution < 1.29 is 18.0 Å². The van der Waals surface area contributed by atoms with E-state index in [0.29, 0.717) is 18.8 Å². The highest BCUT2D eigenvalue weighted by atomic mass is 32.2. The fourth-order valence-electron chi connectivity index (χ4n) is 3.73. The molecule has 2 amide bonds. The standard InChI is InChI=1S/C22H25N3O4S2/c1-16-22(27)23-19-15-18(7-8-20(19)30-16)31(28,29)14-9-21(26)25-12-10-24(11-13-25)17-5-3-2-4-6-17/h2-8,15-16H,9-14H2,1H3,(H,23,27)/t16-/m1/s1. The number of para-hydroxylation sites is 1. The first-order chi connectivity index (χ1) is 14.8. The van der Waals surface area contributed by atoms with Crippen molar-refractivity contribution in [3.63, 3.8) is 0 Å². The van der Waals surface area contributed by atoms with Crippen molar-refractivity contribution in [2.45, 2.75) is 28.4 Å². The van der Waals surface area contributed by atoms with Crippen LogP contribution in [0.2, 0.25) is 0 Å². The Bertz CT molecular complexity index is 1080. The number of benzene rings is 2. The Hall–Kier alpha value is -2.52. The maximum Gasteiger partial charge on any atom is 0.237 e. The van der Waals surface area contributed by atoms with Gasteiger partial charge >= 0.3 is 0 Å². The van der Waals surface area contributed by atoms with E-state index in [9.17, 15) is 18.0 Å². The second-order valence-corrected chi connectivity index (χ2v) is 11.2. The lowest BCUT2D eigenvalue weighted by molar-refractivity contribution is -0.131. The van der Waals surface area contributed by atoms with Crippen LogP contribution >= 0.6 is 11.8 Å². The average Bonchev–Trinajstić information content (AvgIpc) is 2.78. The molecule has 31 heavy (non-hydrogen) atoms. The third kappa shape index (κ3) is 4.88. The Morgan fingerprint density at radius 2 is 1.81 bits per heavy atom. The predicted molar refractivity (Wildman–Crippen MR) is 122 cm³/mol. The summed E-state index contributed by atoms with van der Waals surface area (Å²) < 4.78 is 25.6. The van der Waals surface area contributed by atoms with E-state index in [0.717, 1.165) is 23.7 Å². The molecule has 2 aromatic carbocycles. The van der Waals surface area contributed by atoms with Crippen LogP contribution in [0, 0.1) is 0 Å². The van der Waals surface area contributed by atoms with Crippen LogP contribution in [0.25, 0.3) is 0 Å². The summed E-state index contributed by atoms with van der Waals surface area (Å²) in [7, 11) is -3.63. The highest BCUT2D eigenvalue weighted by Crippen LogP contribution is 2.36. The zero-order valence-electron chi connectivity index (χ0n) is 17.3. The average molecular weight is 460 g/mol. The minimum atomic E-state index is -3.63. The van der Waals surface area contributed by atoms with E-state index >= 15 is 0 Å². The number of anilines is 2. The largest absolute Gasteiger partial charge is 0.368 e. The van der Waals surface area contributed by atoms with Gasteiger partial charge in [0.25, 0.3) is 0 Å². The summed E-state index contributed by atoms with van der Waals surface area (Å²) >= 11 is 1.40. The molecule has 9 heteroatoms. The number of thioether (sulfide) groups is 1. The van der Waals surface area contributed by atoms with Crippen LogP contribution < -0.4 is 10.2 Å². The Kier molecular flexibility index (Phi) is 6.24. The number of piperazine rings is 1. The fourth-order valence-corrected chi connectivity index (χ4v) is 5.91. The maximum atomic E-state index is 12.8. The molecule has 0 spiro atoms. The molecule has 0 unspecified atom stereocenters. The Labute approximate surface area is 186 Å². The molecule has 2 aromatic rings. The van der Waals surface area contributed by atoms with Crippen molar-refractivity contribution in [3.8, 4) is 0 Å². The van der Waals surface area contributed by atoms with Gasteiger partial charge in [0.05, 0.1) is 21.6 Å². The molecule has 0 aliphatic carbocycles. The van der Waals surface area contributed by atoms with E-state index in [-0.39, 0.29) is 34.1 Å². The van der Waals surface area contributed by atoms with Gasteiger partial charge in [0.1, 0.15) is 0 Å². The van der Waals surface area contributed by atoms with Gasteiger partial charge in [0.2, 0.25) is 11.8 Å². The zero-order valence-corrected chi connectivity index (χ0v) is 18.9. The first-order valence-electron chi connectivity index (χ1n) is 10.3. The molecule has 164 valence electrons. The molecule has 7 nitrogen and oxygen atoms in total. The van der Waals surface area contributed by atoms with E-state index in [1.807, 2.05) is 30.3 Å². The molecular formula is C22H25N3O4S2. The third-order valence-electron chi connectivity index (χ3n) is 5.58. The molecule has 4 rings (SSSR count). The first-order valence-corrected chi connectivity index (χ1v) is 12.8. The van der Waals surface area contributed by atoms with Crippen LogP contribution in [0.3, 0.4) is 0 Å². The third-order valence-corrected chi connectivity index (χ3v) is 8.47. The van der Waals surface area contributed by atoms with E-state index in [1.54, 1.807) is 24.0 Å². The molecule has 1 saturated heterocycles. The normalized spacial score (nSPS) is 19.0. The molecule has 0 aromatic heterocycles. The Morgan fingerprint density at radius 1 is 1.10 bits per heavy atom. The van der Waals surface area contributed by atoms with Crippen LogP contribution in [0.15, 0.2) is 58.3 Å². The van der Waals surface area contributed by atoms with Crippen molar-refractivity contribution in [3.05, 3.63) is 48.5 Å². The summed E-state index contributed by atoms with van der Waals surface area (Å²) in [6, 6.07) is 14.8. The summed E-state index contributed by atoms with van der Waals surface area (Å²) in [6.07, 6.45) is -0.0527. The Balaban J connectivity index is 1.34. The van der Waals surface area contributed by atoms with Gasteiger partial charge in [-0.05, 0) is 37.3 Å². The molecular weight excluding hydrogens is 434 g/mol. The number of nitrogens with zero attached hydrogens (tertiary/aromatic N) is 2. The summed E-state index contributed by atoms with van der Waals surface area (Å²) in [5, 5.41) is 2.54. The highest BCUT2D eigenvalue weighted by Gasteiger charge is 2.27. The molecule has 0 radical (unpaired) electrons. The molecule has 1 N–H and O–H groups in total. The van der Waals surface area contributed by atoms with Gasteiger partial charge in [0.15, 0.2) is 9.84 Å². The Morgan fingerprint density at radius 3 is 2.52 bits per heavy atom. The number of carbonyl (C=O) groups excluding carboxylic acids is 2. The minimum absolute atomic E-state index is 0.0527. The molecule has 0 saturated carbocycles. The second kappa shape index (κ2) is 8.92. The fraction of sp³-hybridized carbons (Fsp3) is 0.364. The van der Waals surface area contributed by atoms with Crippen LogP contribution in [-0.2, 0) is 19.4 Å². The lowest BCUT2D eigenvalue weighted by atomic mass is 10.2. The molecule has 2 heterocycles. The first kappa shape index (κ1) is 21.7. The van der Waals surface area contributed by atoms with Crippen LogP contribution in [-0.4, -0.2) is 62.3 Å². The minimum Gasteiger partial charge on any atom is -0.368 e. The number of amides is 2. The summed E-state index contributed by atoms with van der Waals surface area (Å²) in [5.74, 6) is -0.537. The van der Waals surface area contributed by atoms with Crippen molar-refractivity contribution in [2.75, 3.05) is 42.1 Å². The number of nitrogens with one attached hydrogen (secondary N) is 1. The smallest absolute Gasteiger partial charge is 0.237 e. The molecule has 1 fully saturated rings. The summed E-state index contributed by atoms with van der Waals surface area (Å²) in [6.45, 7) is 4.41. The van der Waals surface area contributed by atoms with Gasteiger partial charge in [-0.1, -0.05) is 18.2 Å². The van der Waals surface area contributed by atoms with E-state index in [2.05, 4.69) is 10.2 Å². The van der Waals surface area contributed by atoms with Crippen molar-refractivity contribution >= 4 is 44.8 Å². The number of carbonyl (C=O) groups is 2. The van der Waals surface area contributed by atoms with Gasteiger partial charge in [-0.25, -0.2) is 8.42 Å². The van der Waals surface area contributed by atoms with Crippen LogP contribution in [0.1, 0.15) is 13.3 Å². The zero-order chi connectivity index (χ0) is 22.0. The number of hydrogen-bond donors (Lipinski definition) is 1. The molecule has 2 aliphatic heterocycles. The number of rotatable bonds is 5. The van der Waals surface area contributed by atoms with Gasteiger partial charge < -0.3 is 15.1 Å². The van der Waals surface area contributed by atoms with Gasteiger partial charge in [0, 0.05) is 43.2 Å². The van der Waals surface area contributed by atoms with E-state index in [1.165, 1.54) is 17.8 Å². The molecule has 0 bridgehead atoms. The lowest BCUT2D eigenvalue weighted by Gasteiger charge is -2.36. The van der Waals surface area contributed by atoms with Crippen molar-refractivity contribution in [1.82, 2.24) is 4.90 Å². The van der Waals surface area contributed by atoms with Gasteiger partial charge in [-0.2, -0.15) is 0 Å². The van der Waals surface area contributed by atoms with Crippen LogP contribution in [0.4, 0.5) is 11.4 Å². The topological polar surface area (TPSA) is 86.8 Å². The van der Waals surface area contributed by atoms with Gasteiger partial charge in [-0.3, -0.25) is 9.59 Å².